The number of carbonyl (C=O) groups is 1. The third kappa shape index (κ3) is 11.8. The molecule has 1 saturated carbocycles. The number of amides is 1. The summed E-state index contributed by atoms with van der Waals surface area (Å²) in [6.07, 6.45) is 24.2. The van der Waals surface area contributed by atoms with Crippen LogP contribution in [-0.4, -0.2) is 36.4 Å². The van der Waals surface area contributed by atoms with Crippen LogP contribution in [0.4, 0.5) is 11.4 Å². The second kappa shape index (κ2) is 22.0. The van der Waals surface area contributed by atoms with Crippen LogP contribution in [0.3, 0.4) is 0 Å². The van der Waals surface area contributed by atoms with E-state index in [1.807, 2.05) is 26.8 Å². The topological polar surface area (TPSA) is 54.8 Å². The predicted octanol–water partition coefficient (Wildman–Crippen LogP) is 12.9. The summed E-state index contributed by atoms with van der Waals surface area (Å²) in [4.78, 5) is 26.5. The van der Waals surface area contributed by atoms with Gasteiger partial charge < -0.3 is 9.64 Å². The molecule has 0 N–H and O–H groups in total. The van der Waals surface area contributed by atoms with E-state index in [9.17, 15) is 4.79 Å². The van der Waals surface area contributed by atoms with Crippen molar-refractivity contribution in [1.82, 2.24) is 4.98 Å². The van der Waals surface area contributed by atoms with Crippen LogP contribution in [0.15, 0.2) is 48.0 Å². The number of rotatable bonds is 15. The summed E-state index contributed by atoms with van der Waals surface area (Å²) in [5.74, 6) is 11.5. The Balaban J connectivity index is 0.00000107. The summed E-state index contributed by atoms with van der Waals surface area (Å²) in [5.41, 5.74) is 6.10. The van der Waals surface area contributed by atoms with Gasteiger partial charge in [0.1, 0.15) is 0 Å². The summed E-state index contributed by atoms with van der Waals surface area (Å²) in [6, 6.07) is 8.64. The Morgan fingerprint density at radius 2 is 1.84 bits per heavy atom. The van der Waals surface area contributed by atoms with Crippen molar-refractivity contribution >= 4 is 29.6 Å². The molecule has 5 nitrogen and oxygen atoms in total. The molecule has 1 amide bonds. The highest BCUT2D eigenvalue weighted by Crippen LogP contribution is 2.52. The summed E-state index contributed by atoms with van der Waals surface area (Å²) in [6.45, 7) is 27.3. The van der Waals surface area contributed by atoms with Crippen molar-refractivity contribution in [2.75, 3.05) is 18.1 Å². The third-order valence-corrected chi connectivity index (χ3v) is 11.3. The minimum Gasteiger partial charge on any atom is -0.380 e. The second-order valence-electron chi connectivity index (χ2n) is 16.6. The molecule has 1 aromatic heterocycles. The van der Waals surface area contributed by atoms with Crippen LogP contribution < -0.4 is 4.90 Å². The first-order valence-corrected chi connectivity index (χ1v) is 21.3. The van der Waals surface area contributed by atoms with Gasteiger partial charge in [-0.3, -0.25) is 4.79 Å². The zero-order chi connectivity index (χ0) is 40.6. The molecule has 55 heavy (non-hydrogen) atoms. The van der Waals surface area contributed by atoms with Crippen molar-refractivity contribution in [3.63, 3.8) is 0 Å². The van der Waals surface area contributed by atoms with E-state index >= 15 is 0 Å². The molecule has 3 aliphatic rings. The van der Waals surface area contributed by atoms with E-state index in [2.05, 4.69) is 113 Å². The molecule has 0 bridgehead atoms. The van der Waals surface area contributed by atoms with E-state index in [0.29, 0.717) is 11.8 Å². The first-order chi connectivity index (χ1) is 26.4. The summed E-state index contributed by atoms with van der Waals surface area (Å²) < 4.78 is 5.37. The Bertz CT molecular complexity index is 1720. The van der Waals surface area contributed by atoms with E-state index in [1.54, 1.807) is 6.08 Å². The lowest BCUT2D eigenvalue weighted by molar-refractivity contribution is -0.124. The van der Waals surface area contributed by atoms with Crippen LogP contribution >= 0.6 is 0 Å². The molecule has 1 unspecified atom stereocenters. The number of ether oxygens (including phenoxy) is 1. The lowest BCUT2D eigenvalue weighted by atomic mass is 9.73. The maximum Gasteiger partial charge on any atom is 0.237 e. The molecule has 1 atom stereocenters. The summed E-state index contributed by atoms with van der Waals surface area (Å²) in [7, 11) is 0. The molecule has 298 valence electrons. The predicted molar refractivity (Wildman–Crippen MR) is 237 cm³/mol. The molecule has 5 heteroatoms. The number of aliphatic imine (C=N–C) groups is 1. The first-order valence-electron chi connectivity index (χ1n) is 21.3. The zero-order valence-corrected chi connectivity index (χ0v) is 36.1. The molecule has 5 rings (SSSR count). The number of benzene rings is 1. The zero-order valence-electron chi connectivity index (χ0n) is 36.1. The van der Waals surface area contributed by atoms with Crippen molar-refractivity contribution in [1.29, 1.82) is 0 Å². The fourth-order valence-electron chi connectivity index (χ4n) is 7.50. The van der Waals surface area contributed by atoms with Crippen molar-refractivity contribution in [3.05, 3.63) is 59.8 Å². The number of carbonyl (C=O) groups excluding carboxylic acids is 1. The number of anilines is 1. The first kappa shape index (κ1) is 45.5. The maximum absolute atomic E-state index is 14.9. The highest BCUT2D eigenvalue weighted by Gasteiger charge is 2.53. The van der Waals surface area contributed by atoms with Gasteiger partial charge in [-0.05, 0) is 80.6 Å². The van der Waals surface area contributed by atoms with Crippen molar-refractivity contribution in [2.24, 2.45) is 28.2 Å². The fourth-order valence-corrected chi connectivity index (χ4v) is 7.50. The number of pyridine rings is 1. The van der Waals surface area contributed by atoms with Gasteiger partial charge >= 0.3 is 0 Å². The molecule has 2 aromatic rings. The lowest BCUT2D eigenvalue weighted by Gasteiger charge is -2.40. The number of terminal acetylenes is 1. The van der Waals surface area contributed by atoms with Crippen LogP contribution in [0.25, 0.3) is 17.3 Å². The summed E-state index contributed by atoms with van der Waals surface area (Å²) in [5, 5.41) is 0. The molecule has 0 spiro atoms. The molecule has 3 heterocycles. The van der Waals surface area contributed by atoms with Crippen molar-refractivity contribution < 1.29 is 9.53 Å². The number of unbranched alkanes of at least 4 members (excludes halogenated alkanes) is 1. The number of hydrogen-bond donors (Lipinski definition) is 0. The van der Waals surface area contributed by atoms with Gasteiger partial charge in [0.05, 0.1) is 41.9 Å². The normalized spacial score (nSPS) is 20.4. The molecule has 1 saturated heterocycles. The van der Waals surface area contributed by atoms with Gasteiger partial charge in [0.15, 0.2) is 0 Å². The van der Waals surface area contributed by atoms with Crippen molar-refractivity contribution in [2.45, 2.75) is 151 Å². The van der Waals surface area contributed by atoms with Gasteiger partial charge in [-0.15, -0.1) is 12.3 Å². The molecule has 2 aliphatic heterocycles. The smallest absolute Gasteiger partial charge is 0.237 e. The highest BCUT2D eigenvalue weighted by atomic mass is 16.5. The largest absolute Gasteiger partial charge is 0.380 e. The lowest BCUT2D eigenvalue weighted by Crippen LogP contribution is -2.50. The Kier molecular flexibility index (Phi) is 18.2. The molecule has 2 fully saturated rings. The summed E-state index contributed by atoms with van der Waals surface area (Å²) >= 11 is 0. The van der Waals surface area contributed by atoms with Crippen LogP contribution in [-0.2, 0) is 14.9 Å². The third-order valence-electron chi connectivity index (χ3n) is 11.3. The highest BCUT2D eigenvalue weighted by molar-refractivity contribution is 6.09. The van der Waals surface area contributed by atoms with Crippen LogP contribution in [0.5, 0.6) is 0 Å². The average molecular weight is 746 g/mol. The monoisotopic (exact) mass is 746 g/mol. The number of allylic oxidation sites excluding steroid dienone is 1. The van der Waals surface area contributed by atoms with E-state index < -0.39 is 5.41 Å². The van der Waals surface area contributed by atoms with Crippen LogP contribution in [0.1, 0.15) is 150 Å². The maximum atomic E-state index is 14.9. The van der Waals surface area contributed by atoms with Gasteiger partial charge in [0.2, 0.25) is 5.91 Å². The van der Waals surface area contributed by atoms with Crippen molar-refractivity contribution in [3.8, 4) is 35.4 Å². The number of aromatic nitrogens is 1. The quantitative estimate of drug-likeness (QED) is 0.104. The standard InChI is InChI=1S/C43H53N3O2.C5H12.C2H6/c1-8-12-22-43(23-14-13-16-33-29-48-30-33)36-19-18-34(39-28-38(44-24-10-3)31(5)37(11-4)45-39)27-40(36)46(41(43)47)35-25-32(26-35)17-15-21-42(6,7)20-9-2;1-4-5(2)3;1-2/h3,11,13,16,18-19,24,27-28,32-33,35H,4,8-9,12,14,20-23,25-26,29-30H2,1-2,5-7H3;5H,4H2,1-3H3;1-2H3/b16-13+,44-24?;;. The van der Waals surface area contributed by atoms with Gasteiger partial charge in [0.25, 0.3) is 0 Å². The van der Waals surface area contributed by atoms with E-state index in [-0.39, 0.29) is 17.4 Å². The average Bonchev–Trinajstić information content (AvgIpc) is 3.37. The molecular formula is C50H71N3O2. The van der Waals surface area contributed by atoms with Gasteiger partial charge in [-0.2, -0.15) is 0 Å². The molecule has 1 aliphatic carbocycles. The molecule has 1 aromatic carbocycles. The van der Waals surface area contributed by atoms with Gasteiger partial charge in [-0.25, -0.2) is 9.98 Å². The van der Waals surface area contributed by atoms with Crippen LogP contribution in [0, 0.1) is 54.3 Å². The number of nitrogens with zero attached hydrogens (tertiary/aromatic N) is 3. The minimum atomic E-state index is -0.541. The van der Waals surface area contributed by atoms with Crippen LogP contribution in [0.2, 0.25) is 0 Å². The Labute approximate surface area is 335 Å². The Hall–Kier alpha value is -3.93. The Morgan fingerprint density at radius 1 is 1.13 bits per heavy atom. The number of fused-ring (bicyclic) bond motifs is 1. The molecule has 0 radical (unpaired) electrons. The van der Waals surface area contributed by atoms with Gasteiger partial charge in [-0.1, -0.05) is 131 Å². The fraction of sp³-hybridized carbons (Fsp3) is 0.580. The SMILES string of the molecule is C#CC=Nc1cc(-c2ccc3c(c2)N(C2CC(C#CCC(C)(C)CCC)C2)C(=O)C3(CC/C=C/C2COC2)CCCC)nc(C=C)c1C.CC.CCC(C)C. The molecular weight excluding hydrogens is 675 g/mol. The minimum absolute atomic E-state index is 0.145. The van der Waals surface area contributed by atoms with E-state index in [1.165, 1.54) is 25.5 Å². The number of hydrogen-bond acceptors (Lipinski definition) is 4. The van der Waals surface area contributed by atoms with E-state index in [4.69, 9.17) is 16.1 Å². The van der Waals surface area contributed by atoms with Gasteiger partial charge in [0, 0.05) is 41.1 Å². The Morgan fingerprint density at radius 3 is 2.42 bits per heavy atom. The second-order valence-corrected chi connectivity index (χ2v) is 16.6. The van der Waals surface area contributed by atoms with E-state index in [0.717, 1.165) is 110 Å².